The van der Waals surface area contributed by atoms with Crippen molar-refractivity contribution in [2.75, 3.05) is 26.7 Å². The molecule has 0 spiro atoms. The van der Waals surface area contributed by atoms with Crippen molar-refractivity contribution in [2.45, 2.75) is 15.8 Å². The van der Waals surface area contributed by atoms with Crippen LogP contribution in [0.5, 0.6) is 11.5 Å². The number of sulfonamides is 2. The first-order chi connectivity index (χ1) is 18.2. The average molecular weight is 559 g/mol. The lowest BCUT2D eigenvalue weighted by Gasteiger charge is -2.38. The molecule has 0 radical (unpaired) electrons. The molecule has 1 saturated heterocycles. The Kier molecular flexibility index (Phi) is 8.11. The van der Waals surface area contributed by atoms with Crippen LogP contribution < -0.4 is 10.2 Å². The summed E-state index contributed by atoms with van der Waals surface area (Å²) < 4.78 is 60.4. The largest absolute Gasteiger partial charge is 0.504 e. The van der Waals surface area contributed by atoms with Crippen molar-refractivity contribution in [1.82, 2.24) is 14.0 Å². The van der Waals surface area contributed by atoms with Crippen LogP contribution in [0.4, 0.5) is 0 Å². The minimum atomic E-state index is -4.14. The predicted molar refractivity (Wildman–Crippen MR) is 140 cm³/mol. The molecule has 1 fully saturated rings. The van der Waals surface area contributed by atoms with Gasteiger partial charge in [0.1, 0.15) is 6.04 Å². The van der Waals surface area contributed by atoms with Gasteiger partial charge in [-0.25, -0.2) is 22.3 Å². The number of ether oxygens (including phenoxy) is 1. The molecule has 1 aliphatic heterocycles. The van der Waals surface area contributed by atoms with Gasteiger partial charge in [0.15, 0.2) is 11.5 Å². The summed E-state index contributed by atoms with van der Waals surface area (Å²) in [6, 6.07) is 18.6. The second-order valence-corrected chi connectivity index (χ2v) is 12.1. The molecule has 0 aromatic heterocycles. The van der Waals surface area contributed by atoms with Gasteiger partial charge in [0, 0.05) is 25.2 Å². The van der Waals surface area contributed by atoms with E-state index in [2.05, 4.69) is 10.5 Å². The number of para-hydroxylation sites is 1. The third kappa shape index (κ3) is 5.55. The zero-order valence-electron chi connectivity index (χ0n) is 20.3. The second-order valence-electron chi connectivity index (χ2n) is 8.25. The molecular weight excluding hydrogens is 532 g/mol. The van der Waals surface area contributed by atoms with E-state index in [1.807, 2.05) is 0 Å². The molecule has 0 aliphatic carbocycles. The van der Waals surface area contributed by atoms with Gasteiger partial charge in [-0.1, -0.05) is 42.5 Å². The Bertz CT molecular complexity index is 1530. The summed E-state index contributed by atoms with van der Waals surface area (Å²) in [6.45, 7) is -0.815. The first-order valence-corrected chi connectivity index (χ1v) is 14.3. The molecule has 11 nitrogen and oxygen atoms in total. The van der Waals surface area contributed by atoms with Crippen molar-refractivity contribution in [2.24, 2.45) is 5.10 Å². The molecule has 1 unspecified atom stereocenters. The molecule has 1 atom stereocenters. The molecule has 3 aromatic carbocycles. The van der Waals surface area contributed by atoms with Crippen molar-refractivity contribution in [3.05, 3.63) is 84.4 Å². The highest BCUT2D eigenvalue weighted by Gasteiger charge is 2.43. The summed E-state index contributed by atoms with van der Waals surface area (Å²) in [5, 5.41) is 14.1. The number of methoxy groups -OCH3 is 1. The van der Waals surface area contributed by atoms with Crippen molar-refractivity contribution in [1.29, 1.82) is 0 Å². The number of carbonyl (C=O) groups excluding carboxylic acids is 1. The van der Waals surface area contributed by atoms with Crippen molar-refractivity contribution in [3.63, 3.8) is 0 Å². The van der Waals surface area contributed by atoms with Gasteiger partial charge in [0.2, 0.25) is 20.0 Å². The minimum Gasteiger partial charge on any atom is -0.504 e. The fourth-order valence-electron chi connectivity index (χ4n) is 3.98. The van der Waals surface area contributed by atoms with E-state index in [9.17, 15) is 26.7 Å². The topological polar surface area (TPSA) is 146 Å². The standard InChI is InChI=1S/C25H26N4O7S2/c1-36-23-14-8-9-19(24(23)30)17-26-27-25(31)22-18-28(37(32,33)20-10-4-2-5-11-20)15-16-29(22)38(34,35)21-12-6-3-7-13-21/h2-14,17,22,30H,15-16,18H2,1H3,(H,27,31)/b26-17+. The highest BCUT2D eigenvalue weighted by molar-refractivity contribution is 7.89. The lowest BCUT2D eigenvalue weighted by Crippen LogP contribution is -2.60. The number of amides is 1. The molecule has 4 rings (SSSR count). The number of nitrogens with zero attached hydrogens (tertiary/aromatic N) is 3. The van der Waals surface area contributed by atoms with E-state index in [1.54, 1.807) is 48.5 Å². The third-order valence-corrected chi connectivity index (χ3v) is 9.76. The van der Waals surface area contributed by atoms with Gasteiger partial charge in [-0.3, -0.25) is 4.79 Å². The lowest BCUT2D eigenvalue weighted by atomic mass is 10.2. The maximum atomic E-state index is 13.4. The molecular formula is C25H26N4O7S2. The molecule has 1 heterocycles. The summed E-state index contributed by atoms with van der Waals surface area (Å²) in [6.07, 6.45) is 1.17. The second kappa shape index (κ2) is 11.3. The Balaban J connectivity index is 1.63. The summed E-state index contributed by atoms with van der Waals surface area (Å²) in [7, 11) is -6.75. The quantitative estimate of drug-likeness (QED) is 0.316. The number of carbonyl (C=O) groups is 1. The predicted octanol–water partition coefficient (Wildman–Crippen LogP) is 1.61. The molecule has 200 valence electrons. The van der Waals surface area contributed by atoms with E-state index in [1.165, 1.54) is 43.7 Å². The highest BCUT2D eigenvalue weighted by atomic mass is 32.2. The molecule has 3 aromatic rings. The molecule has 2 N–H and O–H groups in total. The molecule has 1 amide bonds. The highest BCUT2D eigenvalue weighted by Crippen LogP contribution is 2.28. The molecule has 0 saturated carbocycles. The number of rotatable bonds is 8. The van der Waals surface area contributed by atoms with Crippen LogP contribution in [-0.2, 0) is 24.8 Å². The Morgan fingerprint density at radius 2 is 1.53 bits per heavy atom. The molecule has 1 aliphatic rings. The monoisotopic (exact) mass is 558 g/mol. The van der Waals surface area contributed by atoms with Gasteiger partial charge < -0.3 is 9.84 Å². The summed E-state index contributed by atoms with van der Waals surface area (Å²) in [4.78, 5) is 13.3. The number of aromatic hydroxyl groups is 1. The van der Waals surface area contributed by atoms with Crippen LogP contribution in [0.25, 0.3) is 0 Å². The Morgan fingerprint density at radius 1 is 0.921 bits per heavy atom. The first-order valence-electron chi connectivity index (χ1n) is 11.5. The van der Waals surface area contributed by atoms with E-state index >= 15 is 0 Å². The zero-order valence-corrected chi connectivity index (χ0v) is 22.0. The Labute approximate surface area is 221 Å². The average Bonchev–Trinajstić information content (AvgIpc) is 2.94. The molecule has 38 heavy (non-hydrogen) atoms. The Morgan fingerprint density at radius 3 is 2.13 bits per heavy atom. The van der Waals surface area contributed by atoms with Crippen LogP contribution in [-0.4, -0.2) is 75.5 Å². The maximum absolute atomic E-state index is 13.4. The van der Waals surface area contributed by atoms with Crippen LogP contribution >= 0.6 is 0 Å². The Hall–Kier alpha value is -3.78. The lowest BCUT2D eigenvalue weighted by molar-refractivity contribution is -0.125. The van der Waals surface area contributed by atoms with Gasteiger partial charge in [-0.05, 0) is 36.4 Å². The number of benzene rings is 3. The summed E-state index contributed by atoms with van der Waals surface area (Å²) in [5.41, 5.74) is 2.53. The van der Waals surface area contributed by atoms with E-state index in [0.29, 0.717) is 0 Å². The zero-order chi connectivity index (χ0) is 27.3. The number of phenolic OH excluding ortho intramolecular Hbond substituents is 1. The number of nitrogens with one attached hydrogen (secondary N) is 1. The minimum absolute atomic E-state index is 0.0260. The number of hydrazone groups is 1. The number of piperazine rings is 1. The maximum Gasteiger partial charge on any atom is 0.259 e. The van der Waals surface area contributed by atoms with E-state index in [0.717, 1.165) is 8.61 Å². The number of hydrogen-bond donors (Lipinski definition) is 2. The number of hydrogen-bond acceptors (Lipinski definition) is 8. The van der Waals surface area contributed by atoms with Gasteiger partial charge >= 0.3 is 0 Å². The smallest absolute Gasteiger partial charge is 0.259 e. The van der Waals surface area contributed by atoms with Crippen LogP contribution in [0.1, 0.15) is 5.56 Å². The fourth-order valence-corrected chi connectivity index (χ4v) is 7.03. The summed E-state index contributed by atoms with van der Waals surface area (Å²) >= 11 is 0. The van der Waals surface area contributed by atoms with Crippen LogP contribution in [0.2, 0.25) is 0 Å². The number of phenols is 1. The fraction of sp³-hybridized carbons (Fsp3) is 0.200. The van der Waals surface area contributed by atoms with Crippen molar-refractivity contribution >= 4 is 32.2 Å². The first kappa shape index (κ1) is 27.3. The third-order valence-electron chi connectivity index (χ3n) is 5.96. The van der Waals surface area contributed by atoms with Gasteiger partial charge in [-0.15, -0.1) is 0 Å². The van der Waals surface area contributed by atoms with Gasteiger partial charge in [-0.2, -0.15) is 13.7 Å². The van der Waals surface area contributed by atoms with Crippen LogP contribution in [0, 0.1) is 0 Å². The van der Waals surface area contributed by atoms with E-state index in [-0.39, 0.29) is 39.9 Å². The van der Waals surface area contributed by atoms with E-state index < -0.39 is 38.5 Å². The summed E-state index contributed by atoms with van der Waals surface area (Å²) in [5.74, 6) is -0.829. The molecule has 0 bridgehead atoms. The van der Waals surface area contributed by atoms with Crippen LogP contribution in [0.3, 0.4) is 0 Å². The van der Waals surface area contributed by atoms with Crippen molar-refractivity contribution in [3.8, 4) is 11.5 Å². The van der Waals surface area contributed by atoms with Crippen LogP contribution in [0.15, 0.2) is 93.8 Å². The SMILES string of the molecule is COc1cccc(/C=N/NC(=O)C2CN(S(=O)(=O)c3ccccc3)CCN2S(=O)(=O)c2ccccc2)c1O. The van der Waals surface area contributed by atoms with Gasteiger partial charge in [0.25, 0.3) is 5.91 Å². The molecule has 13 heteroatoms. The normalized spacial score (nSPS) is 17.3. The van der Waals surface area contributed by atoms with E-state index in [4.69, 9.17) is 4.74 Å². The van der Waals surface area contributed by atoms with Gasteiger partial charge in [0.05, 0.1) is 23.1 Å². The van der Waals surface area contributed by atoms with Crippen molar-refractivity contribution < 1.29 is 31.5 Å².